The minimum atomic E-state index is -0.0125. The van der Waals surface area contributed by atoms with Crippen LogP contribution in [0.5, 0.6) is 0 Å². The van der Waals surface area contributed by atoms with Gasteiger partial charge in [-0.15, -0.1) is 0 Å². The van der Waals surface area contributed by atoms with Crippen LogP contribution in [0.3, 0.4) is 0 Å². The molecule has 0 unspecified atom stereocenters. The second-order valence-electron chi connectivity index (χ2n) is 9.89. The Morgan fingerprint density at radius 3 is 1.86 bits per heavy atom. The van der Waals surface area contributed by atoms with Gasteiger partial charge < -0.3 is 9.76 Å². The van der Waals surface area contributed by atoms with E-state index in [2.05, 4.69) is 95.3 Å². The van der Waals surface area contributed by atoms with Crippen LogP contribution in [-0.4, -0.2) is 33.6 Å². The van der Waals surface area contributed by atoms with Gasteiger partial charge in [0.15, 0.2) is 0 Å². The summed E-state index contributed by atoms with van der Waals surface area (Å²) >= 11 is 0. The highest BCUT2D eigenvalue weighted by molar-refractivity contribution is 6.51. The van der Waals surface area contributed by atoms with Gasteiger partial charge >= 0.3 is 7.48 Å². The summed E-state index contributed by atoms with van der Waals surface area (Å²) in [5.41, 5.74) is 13.1. The van der Waals surface area contributed by atoms with Crippen molar-refractivity contribution in [2.45, 2.75) is 34.6 Å². The average Bonchev–Trinajstić information content (AvgIpc) is 2.92. The van der Waals surface area contributed by atoms with Crippen molar-refractivity contribution < 1.29 is 9.76 Å². The van der Waals surface area contributed by atoms with Gasteiger partial charge in [-0.3, -0.25) is 0 Å². The summed E-state index contributed by atoms with van der Waals surface area (Å²) in [6.07, 6.45) is 0. The molecular weight excluding hydrogens is 450 g/mol. The fourth-order valence-corrected chi connectivity index (χ4v) is 5.64. The van der Waals surface area contributed by atoms with Crippen molar-refractivity contribution in [2.24, 2.45) is 0 Å². The lowest BCUT2D eigenvalue weighted by Crippen LogP contribution is -2.20. The molecule has 37 heavy (non-hydrogen) atoms. The minimum absolute atomic E-state index is 0.0125. The van der Waals surface area contributed by atoms with Crippen molar-refractivity contribution in [3.8, 4) is 22.3 Å². The van der Waals surface area contributed by atoms with Gasteiger partial charge in [-0.05, 0) is 112 Å². The Bertz CT molecular complexity index is 1620. The summed E-state index contributed by atoms with van der Waals surface area (Å²) in [5, 5.41) is 13.6. The molecule has 0 aliphatic carbocycles. The molecule has 0 bridgehead atoms. The summed E-state index contributed by atoms with van der Waals surface area (Å²) in [6.45, 7) is 11.4. The molecule has 0 aromatic heterocycles. The average molecular weight is 481 g/mol. The third-order valence-corrected chi connectivity index (χ3v) is 7.99. The van der Waals surface area contributed by atoms with E-state index in [4.69, 9.17) is 17.6 Å². The number of aliphatic hydroxyl groups is 1. The lowest BCUT2D eigenvalue weighted by Gasteiger charge is -2.24. The first kappa shape index (κ1) is 25.3. The van der Waals surface area contributed by atoms with Crippen molar-refractivity contribution in [3.63, 3.8) is 0 Å². The van der Waals surface area contributed by atoms with E-state index in [1.807, 2.05) is 6.07 Å². The molecule has 4 heteroatoms. The second kappa shape index (κ2) is 10.2. The molecule has 0 aliphatic rings. The summed E-state index contributed by atoms with van der Waals surface area (Å²) in [7, 11) is 8.45. The molecule has 5 aromatic rings. The number of aliphatic hydroxyl groups excluding tert-OH is 1. The smallest absolute Gasteiger partial charge is 0.330 e. The Hall–Kier alpha value is -3.33. The van der Waals surface area contributed by atoms with Gasteiger partial charge in [0.2, 0.25) is 0 Å². The van der Waals surface area contributed by atoms with Crippen LogP contribution in [0, 0.1) is 34.6 Å². The second-order valence-corrected chi connectivity index (χ2v) is 9.89. The normalized spacial score (nSPS) is 11.4. The standard InChI is InChI=1S/C33H31B2O2/c1-19-20(2)22(4)32(23(5)21(19)3)29-18-30(34)25-11-7-9-13-27(25)33(29)28-14-15-31(35-37-17-16-36)26-12-8-6-10-24(26)28/h6-15,18,36H,16-17H2,1-5H3. The molecule has 5 rings (SSSR count). The van der Waals surface area contributed by atoms with Crippen LogP contribution in [0.4, 0.5) is 0 Å². The predicted octanol–water partition coefficient (Wildman–Crippen LogP) is 5.92. The Morgan fingerprint density at radius 1 is 0.649 bits per heavy atom. The van der Waals surface area contributed by atoms with Gasteiger partial charge in [-0.1, -0.05) is 72.2 Å². The summed E-state index contributed by atoms with van der Waals surface area (Å²) in [5.74, 6) is 0. The first-order valence-electron chi connectivity index (χ1n) is 12.8. The van der Waals surface area contributed by atoms with Crippen molar-refractivity contribution in [3.05, 3.63) is 94.5 Å². The van der Waals surface area contributed by atoms with Gasteiger partial charge in [0.05, 0.1) is 13.2 Å². The number of fused-ring (bicyclic) bond motifs is 2. The largest absolute Gasteiger partial charge is 0.432 e. The van der Waals surface area contributed by atoms with Crippen molar-refractivity contribution in [1.29, 1.82) is 0 Å². The SMILES string of the molecule is [B]c1cc(-c2c(C)c(C)c(C)c(C)c2C)c(-c2ccc([B]OCCO)c3ccccc23)c2ccccc12. The van der Waals surface area contributed by atoms with Crippen LogP contribution in [0.25, 0.3) is 43.8 Å². The van der Waals surface area contributed by atoms with Crippen molar-refractivity contribution in [1.82, 2.24) is 0 Å². The van der Waals surface area contributed by atoms with E-state index in [1.165, 1.54) is 38.9 Å². The number of rotatable bonds is 6. The molecule has 0 amide bonds. The van der Waals surface area contributed by atoms with Crippen LogP contribution in [-0.2, 0) is 4.65 Å². The zero-order valence-electron chi connectivity index (χ0n) is 22.3. The van der Waals surface area contributed by atoms with Crippen LogP contribution in [0.1, 0.15) is 27.8 Å². The maximum absolute atomic E-state index is 9.16. The zero-order chi connectivity index (χ0) is 26.3. The molecule has 3 radical (unpaired) electrons. The highest BCUT2D eigenvalue weighted by Gasteiger charge is 2.21. The van der Waals surface area contributed by atoms with Gasteiger partial charge in [0.1, 0.15) is 7.85 Å². The minimum Gasteiger partial charge on any atom is -0.432 e. The lowest BCUT2D eigenvalue weighted by atomic mass is 9.76. The van der Waals surface area contributed by atoms with E-state index in [-0.39, 0.29) is 13.2 Å². The molecule has 0 atom stereocenters. The first-order chi connectivity index (χ1) is 17.8. The van der Waals surface area contributed by atoms with Crippen molar-refractivity contribution >= 4 is 47.8 Å². The first-order valence-corrected chi connectivity index (χ1v) is 12.8. The highest BCUT2D eigenvalue weighted by Crippen LogP contribution is 2.43. The Labute approximate surface area is 222 Å². The van der Waals surface area contributed by atoms with E-state index in [1.54, 1.807) is 7.48 Å². The maximum Gasteiger partial charge on any atom is 0.330 e. The number of hydrogen-bond donors (Lipinski definition) is 1. The molecule has 0 saturated carbocycles. The van der Waals surface area contributed by atoms with Gasteiger partial charge in [-0.2, -0.15) is 0 Å². The third kappa shape index (κ3) is 4.29. The molecule has 181 valence electrons. The summed E-state index contributed by atoms with van der Waals surface area (Å²) in [4.78, 5) is 0. The molecule has 0 aliphatic heterocycles. The molecule has 2 nitrogen and oxygen atoms in total. The Kier molecular flexibility index (Phi) is 6.98. The molecule has 0 fully saturated rings. The Morgan fingerprint density at radius 2 is 1.22 bits per heavy atom. The Balaban J connectivity index is 1.90. The third-order valence-electron chi connectivity index (χ3n) is 7.99. The topological polar surface area (TPSA) is 29.5 Å². The van der Waals surface area contributed by atoms with E-state index in [0.29, 0.717) is 0 Å². The van der Waals surface area contributed by atoms with Crippen LogP contribution in [0.15, 0.2) is 66.7 Å². The van der Waals surface area contributed by atoms with Gasteiger partial charge in [0.25, 0.3) is 0 Å². The monoisotopic (exact) mass is 481 g/mol. The molecule has 0 heterocycles. The fourth-order valence-electron chi connectivity index (χ4n) is 5.64. The molecular formula is C33H31B2O2. The molecule has 0 saturated heterocycles. The van der Waals surface area contributed by atoms with Crippen molar-refractivity contribution in [2.75, 3.05) is 13.2 Å². The summed E-state index contributed by atoms with van der Waals surface area (Å²) in [6, 6.07) is 23.3. The number of hydrogen-bond acceptors (Lipinski definition) is 2. The number of benzene rings is 5. The van der Waals surface area contributed by atoms with E-state index < -0.39 is 0 Å². The van der Waals surface area contributed by atoms with Crippen LogP contribution < -0.4 is 10.9 Å². The molecule has 0 spiro atoms. The predicted molar refractivity (Wildman–Crippen MR) is 160 cm³/mol. The lowest BCUT2D eigenvalue weighted by molar-refractivity contribution is 0.209. The summed E-state index contributed by atoms with van der Waals surface area (Å²) < 4.78 is 5.58. The van der Waals surface area contributed by atoms with E-state index in [0.717, 1.165) is 43.6 Å². The fraction of sp³-hybridized carbons (Fsp3) is 0.212. The van der Waals surface area contributed by atoms with E-state index in [9.17, 15) is 0 Å². The van der Waals surface area contributed by atoms with Gasteiger partial charge in [-0.25, -0.2) is 0 Å². The molecule has 1 N–H and O–H groups in total. The quantitative estimate of drug-likeness (QED) is 0.241. The molecule has 5 aromatic carbocycles. The zero-order valence-corrected chi connectivity index (χ0v) is 22.3. The van der Waals surface area contributed by atoms with Crippen LogP contribution in [0.2, 0.25) is 0 Å². The highest BCUT2D eigenvalue weighted by atomic mass is 16.4. The van der Waals surface area contributed by atoms with Gasteiger partial charge in [0, 0.05) is 0 Å². The maximum atomic E-state index is 9.16. The van der Waals surface area contributed by atoms with E-state index >= 15 is 0 Å². The van der Waals surface area contributed by atoms with Crippen LogP contribution >= 0.6 is 0 Å².